The van der Waals surface area contributed by atoms with Crippen molar-refractivity contribution in [3.05, 3.63) is 485 Å². The van der Waals surface area contributed by atoms with Gasteiger partial charge in [-0.3, -0.25) is 0 Å². The first-order valence-electron chi connectivity index (χ1n) is 45.5. The maximum atomic E-state index is 6.10. The van der Waals surface area contributed by atoms with Gasteiger partial charge in [0.15, 0.2) is 52.4 Å². The second-order valence-corrected chi connectivity index (χ2v) is 33.5. The van der Waals surface area contributed by atoms with E-state index >= 15 is 0 Å². The molecule has 7 aromatic heterocycles. The average molecular weight is 1740 g/mol. The molecule has 7 heterocycles. The number of fused-ring (bicyclic) bond motifs is 12. The molecule has 26 aromatic rings. The average Bonchev–Trinajstić information content (AvgIpc) is 1.59. The number of hydrogen-bond acceptors (Lipinski definition) is 10. The molecule has 0 spiro atoms. The molecule has 0 saturated heterocycles. The monoisotopic (exact) mass is 1740 g/mol. The van der Waals surface area contributed by atoms with Crippen LogP contribution in [0.2, 0.25) is 0 Å². The van der Waals surface area contributed by atoms with Crippen LogP contribution >= 0.6 is 0 Å². The number of nitrogens with zero attached hydrogens (tertiary/aromatic N) is 12. The molecular weight excluding hydrogens is 1660 g/mol. The van der Waals surface area contributed by atoms with Crippen molar-refractivity contribution in [1.29, 1.82) is 0 Å². The summed E-state index contributed by atoms with van der Waals surface area (Å²) >= 11 is 0. The summed E-state index contributed by atoms with van der Waals surface area (Å²) < 4.78 is 13.1. The van der Waals surface area contributed by atoms with Crippen molar-refractivity contribution in [3.63, 3.8) is 0 Å². The van der Waals surface area contributed by atoms with Gasteiger partial charge in [0, 0.05) is 93.2 Å². The van der Waals surface area contributed by atoms with Crippen molar-refractivity contribution in [3.8, 4) is 153 Å². The van der Waals surface area contributed by atoms with E-state index in [4.69, 9.17) is 49.3 Å². The zero-order valence-corrected chi connectivity index (χ0v) is 73.5. The number of hydrogen-bond donors (Lipinski definition) is 0. The quantitative estimate of drug-likeness (QED) is 0.0973. The van der Waals surface area contributed by atoms with Crippen molar-refractivity contribution >= 4 is 87.4 Å². The van der Waals surface area contributed by atoms with Crippen LogP contribution in [0.3, 0.4) is 0 Å². The van der Waals surface area contributed by atoms with E-state index in [9.17, 15) is 0 Å². The van der Waals surface area contributed by atoms with E-state index in [-0.39, 0.29) is 0 Å². The molecule has 638 valence electrons. The predicted molar refractivity (Wildman–Crippen MR) is 555 cm³/mol. The van der Waals surface area contributed by atoms with Gasteiger partial charge in [-0.15, -0.1) is 0 Å². The third-order valence-electron chi connectivity index (χ3n) is 25.3. The normalized spacial score (nSPS) is 11.4. The second-order valence-electron chi connectivity index (χ2n) is 33.5. The van der Waals surface area contributed by atoms with E-state index in [0.29, 0.717) is 52.4 Å². The lowest BCUT2D eigenvalue weighted by atomic mass is 10.0. The summed E-state index contributed by atoms with van der Waals surface area (Å²) in [5, 5.41) is 9.37. The van der Waals surface area contributed by atoms with Gasteiger partial charge in [0.1, 0.15) is 11.2 Å². The molecule has 0 fully saturated rings. The molecule has 0 N–H and O–H groups in total. The molecule has 0 aliphatic carbocycles. The molecule has 13 heteroatoms. The van der Waals surface area contributed by atoms with Crippen LogP contribution in [0.15, 0.2) is 490 Å². The van der Waals surface area contributed by atoms with E-state index < -0.39 is 0 Å². The number of benzene rings is 19. The largest absolute Gasteiger partial charge is 0.456 e. The maximum Gasteiger partial charge on any atom is 0.166 e. The summed E-state index contributed by atoms with van der Waals surface area (Å²) in [5.41, 5.74) is 26.9. The first-order valence-corrected chi connectivity index (χ1v) is 45.5. The Kier molecular flexibility index (Phi) is 21.0. The van der Waals surface area contributed by atoms with Crippen LogP contribution in [0.4, 0.5) is 0 Å². The molecule has 13 nitrogen and oxygen atoms in total. The molecule has 19 aromatic carbocycles. The maximum absolute atomic E-state index is 6.10. The van der Waals surface area contributed by atoms with Crippen LogP contribution in [-0.2, 0) is 0 Å². The molecule has 0 aliphatic rings. The smallest absolute Gasteiger partial charge is 0.166 e. The van der Waals surface area contributed by atoms with Gasteiger partial charge < -0.3 is 18.1 Å². The lowest BCUT2D eigenvalue weighted by Gasteiger charge is -2.14. The topological polar surface area (TPSA) is 144 Å². The summed E-state index contributed by atoms with van der Waals surface area (Å²) in [4.78, 5) is 45.7. The third kappa shape index (κ3) is 15.3. The first kappa shape index (κ1) is 80.7. The minimum absolute atomic E-state index is 0.609. The Labute approximate surface area is 783 Å². The first-order chi connectivity index (χ1) is 67.4. The van der Waals surface area contributed by atoms with Crippen LogP contribution < -0.4 is 0 Å². The molecule has 0 saturated carbocycles. The summed E-state index contributed by atoms with van der Waals surface area (Å²) in [6.07, 6.45) is 0. The highest BCUT2D eigenvalue weighted by atomic mass is 16.3. The molecule has 0 bridgehead atoms. The number of aromatic nitrogens is 12. The summed E-state index contributed by atoms with van der Waals surface area (Å²) in [6, 6.07) is 167. The van der Waals surface area contributed by atoms with E-state index in [1.165, 1.54) is 49.0 Å². The van der Waals surface area contributed by atoms with Crippen LogP contribution in [0.25, 0.3) is 240 Å². The van der Waals surface area contributed by atoms with Crippen LogP contribution in [0.1, 0.15) is 0 Å². The van der Waals surface area contributed by atoms with Crippen molar-refractivity contribution in [2.75, 3.05) is 0 Å². The fraction of sp³-hybridized carbons (Fsp3) is 0. The van der Waals surface area contributed by atoms with Gasteiger partial charge in [-0.05, 0) is 130 Å². The van der Waals surface area contributed by atoms with Gasteiger partial charge in [-0.1, -0.05) is 388 Å². The van der Waals surface area contributed by atoms with Gasteiger partial charge in [0.25, 0.3) is 0 Å². The minimum atomic E-state index is 0.609. The number of furan rings is 1. The number of rotatable bonds is 15. The molecule has 26 rings (SSSR count). The molecule has 0 unspecified atom stereocenters. The van der Waals surface area contributed by atoms with Crippen molar-refractivity contribution in [1.82, 2.24) is 58.6 Å². The van der Waals surface area contributed by atoms with E-state index in [0.717, 1.165) is 139 Å². The van der Waals surface area contributed by atoms with Gasteiger partial charge in [0.05, 0.1) is 50.2 Å². The van der Waals surface area contributed by atoms with Crippen LogP contribution in [0, 0.1) is 0 Å². The highest BCUT2D eigenvalue weighted by Crippen LogP contribution is 2.43. The lowest BCUT2D eigenvalue weighted by Crippen LogP contribution is -2.03. The molecule has 0 amide bonds. The zero-order valence-electron chi connectivity index (χ0n) is 73.5. The van der Waals surface area contributed by atoms with Crippen molar-refractivity contribution < 1.29 is 4.42 Å². The Balaban J connectivity index is 0.000000112. The molecule has 0 atom stereocenters. The fourth-order valence-electron chi connectivity index (χ4n) is 18.7. The highest BCUT2D eigenvalue weighted by molar-refractivity contribution is 6.13. The van der Waals surface area contributed by atoms with Crippen LogP contribution in [0.5, 0.6) is 0 Å². The molecule has 0 aliphatic heterocycles. The van der Waals surface area contributed by atoms with Gasteiger partial charge in [-0.2, -0.15) is 0 Å². The Morgan fingerprint density at radius 2 is 0.324 bits per heavy atom. The molecule has 136 heavy (non-hydrogen) atoms. The van der Waals surface area contributed by atoms with Crippen molar-refractivity contribution in [2.45, 2.75) is 0 Å². The standard InChI is InChI=1S/C45H30N4.C39H24N4O.C39H26N4/c1-3-13-31(14-4-1)33-23-27-35(28-24-33)43-46-44(36-29-25-34(26-30-36)32-15-5-2-6-16-32)48-45(47-43)39-19-9-12-22-42(39)49-40-20-10-7-17-37(40)38-18-8-11-21-41(38)49;1-2-12-25(13-3-1)37-40-38(26-22-23-36-31(24-26)29-16-7-11-21-35(29)44-36)42-39(41-37)30-17-6-10-20-34(30)43-32-18-8-4-14-27(32)28-15-5-9-19-33(28)43;1-3-13-27(14-4-1)28-23-25-30(26-24-28)38-40-37(29-15-5-2-6-16-29)41-39(42-38)33-19-9-12-22-36(33)43-34-20-10-7-17-31(34)32-18-8-11-21-35(32)43/h1-30H;1-24H;1-26H. The Bertz CT molecular complexity index is 8690. The van der Waals surface area contributed by atoms with E-state index in [2.05, 4.69) is 378 Å². The third-order valence-corrected chi connectivity index (χ3v) is 25.3. The Morgan fingerprint density at radius 3 is 0.618 bits per heavy atom. The molecule has 0 radical (unpaired) electrons. The van der Waals surface area contributed by atoms with Gasteiger partial charge >= 0.3 is 0 Å². The second kappa shape index (κ2) is 35.4. The SMILES string of the molecule is c1ccc(-c2ccc(-c3nc(-c4ccc(-c5ccccc5)cc4)nc(-c4ccccc4-n4c5ccccc5c5ccccc54)n3)cc2)cc1.c1ccc(-c2ccc(-c3nc(-c4ccccc4)nc(-c4ccccc4-n4c5ccccc5c5ccccc54)n3)cc2)cc1.c1ccc(-c2nc(-c3ccc4oc5ccccc5c4c3)nc(-c3ccccc3-n3c4ccccc4c4ccccc43)n2)cc1. The van der Waals surface area contributed by atoms with E-state index in [1.54, 1.807) is 0 Å². The minimum Gasteiger partial charge on any atom is -0.456 e. The van der Waals surface area contributed by atoms with Crippen LogP contribution in [-0.4, -0.2) is 58.6 Å². The summed E-state index contributed by atoms with van der Waals surface area (Å²) in [7, 11) is 0. The van der Waals surface area contributed by atoms with Gasteiger partial charge in [-0.25, -0.2) is 44.9 Å². The Hall–Kier alpha value is -18.6. The highest BCUT2D eigenvalue weighted by Gasteiger charge is 2.25. The lowest BCUT2D eigenvalue weighted by molar-refractivity contribution is 0.669. The van der Waals surface area contributed by atoms with Crippen molar-refractivity contribution in [2.24, 2.45) is 0 Å². The summed E-state index contributed by atoms with van der Waals surface area (Å²) in [6.45, 7) is 0. The van der Waals surface area contributed by atoms with E-state index in [1.807, 2.05) is 121 Å². The zero-order chi connectivity index (χ0) is 90.2. The number of para-hydroxylation sites is 10. The summed E-state index contributed by atoms with van der Waals surface area (Å²) in [5.74, 6) is 5.64. The van der Waals surface area contributed by atoms with Gasteiger partial charge in [0.2, 0.25) is 0 Å². The predicted octanol–water partition coefficient (Wildman–Crippen LogP) is 30.8. The fourth-order valence-corrected chi connectivity index (χ4v) is 18.7. The molecular formula is C123H80N12O. The Morgan fingerprint density at radius 1 is 0.132 bits per heavy atom.